The minimum absolute atomic E-state index is 0.115. The Morgan fingerprint density at radius 1 is 1.32 bits per heavy atom. The standard InChI is InChI=1S/C18H15ClFN3O2/c19-13-4-1-3-11(16(13)20)9-23-7-6-12-14(10-23)21-17(22-18(12)24)15-5-2-8-25-15/h1-5,8H,6-7,9-10H2,(H,21,22,24). The zero-order chi connectivity index (χ0) is 17.4. The van der Waals surface area contributed by atoms with Crippen molar-refractivity contribution >= 4 is 11.6 Å². The van der Waals surface area contributed by atoms with Crippen LogP contribution in [0, 0.1) is 5.82 Å². The Balaban J connectivity index is 1.62. The molecule has 1 aliphatic rings. The molecule has 0 amide bonds. The monoisotopic (exact) mass is 359 g/mol. The van der Waals surface area contributed by atoms with Crippen LogP contribution in [0.4, 0.5) is 4.39 Å². The van der Waals surface area contributed by atoms with Gasteiger partial charge < -0.3 is 9.40 Å². The Kier molecular flexibility index (Phi) is 4.15. The fourth-order valence-corrected chi connectivity index (χ4v) is 3.26. The molecule has 3 aromatic rings. The molecule has 0 spiro atoms. The Hall–Kier alpha value is -2.44. The lowest BCUT2D eigenvalue weighted by atomic mass is 10.1. The largest absolute Gasteiger partial charge is 0.461 e. The smallest absolute Gasteiger partial charge is 0.254 e. The van der Waals surface area contributed by atoms with Gasteiger partial charge in [-0.05, 0) is 24.6 Å². The minimum atomic E-state index is -0.398. The van der Waals surface area contributed by atoms with Crippen LogP contribution in [0.3, 0.4) is 0 Å². The van der Waals surface area contributed by atoms with Crippen LogP contribution in [0.15, 0.2) is 45.8 Å². The van der Waals surface area contributed by atoms with E-state index in [9.17, 15) is 9.18 Å². The van der Waals surface area contributed by atoms with Crippen molar-refractivity contribution in [2.24, 2.45) is 0 Å². The van der Waals surface area contributed by atoms with Crippen molar-refractivity contribution in [2.75, 3.05) is 6.54 Å². The number of benzene rings is 1. The third kappa shape index (κ3) is 3.10. The fourth-order valence-electron chi connectivity index (χ4n) is 3.07. The SMILES string of the molecule is O=c1[nH]c(-c2ccco2)nc2c1CCN(Cc1cccc(Cl)c1F)C2. The summed E-state index contributed by atoms with van der Waals surface area (Å²) in [6, 6.07) is 8.46. The number of hydrogen-bond acceptors (Lipinski definition) is 4. The number of aromatic nitrogens is 2. The van der Waals surface area contributed by atoms with E-state index in [1.54, 1.807) is 24.3 Å². The highest BCUT2D eigenvalue weighted by Crippen LogP contribution is 2.23. The molecule has 0 unspecified atom stereocenters. The van der Waals surface area contributed by atoms with Gasteiger partial charge >= 0.3 is 0 Å². The molecule has 0 saturated carbocycles. The zero-order valence-corrected chi connectivity index (χ0v) is 14.0. The van der Waals surface area contributed by atoms with Gasteiger partial charge in [0.15, 0.2) is 11.6 Å². The summed E-state index contributed by atoms with van der Waals surface area (Å²) in [6.45, 7) is 1.54. The van der Waals surface area contributed by atoms with E-state index < -0.39 is 5.82 Å². The summed E-state index contributed by atoms with van der Waals surface area (Å²) in [4.78, 5) is 21.7. The maximum Gasteiger partial charge on any atom is 0.254 e. The predicted molar refractivity (Wildman–Crippen MR) is 91.8 cm³/mol. The van der Waals surface area contributed by atoms with E-state index in [0.29, 0.717) is 54.5 Å². The third-order valence-electron chi connectivity index (χ3n) is 4.33. The number of aromatic amines is 1. The maximum absolute atomic E-state index is 14.1. The Morgan fingerprint density at radius 2 is 2.20 bits per heavy atom. The molecular formula is C18H15ClFN3O2. The van der Waals surface area contributed by atoms with Gasteiger partial charge in [-0.25, -0.2) is 9.37 Å². The molecule has 0 saturated heterocycles. The molecule has 1 aromatic carbocycles. The number of nitrogens with zero attached hydrogens (tertiary/aromatic N) is 2. The number of furan rings is 1. The van der Waals surface area contributed by atoms with Crippen LogP contribution < -0.4 is 5.56 Å². The van der Waals surface area contributed by atoms with Crippen LogP contribution in [0.2, 0.25) is 5.02 Å². The van der Waals surface area contributed by atoms with Gasteiger partial charge in [0.1, 0.15) is 5.82 Å². The highest BCUT2D eigenvalue weighted by molar-refractivity contribution is 6.30. The van der Waals surface area contributed by atoms with E-state index in [0.717, 1.165) is 0 Å². The van der Waals surface area contributed by atoms with Crippen LogP contribution in [0.1, 0.15) is 16.8 Å². The molecule has 5 nitrogen and oxygen atoms in total. The Labute approximate surface area is 148 Å². The summed E-state index contributed by atoms with van der Waals surface area (Å²) in [7, 11) is 0. The molecule has 2 aromatic heterocycles. The van der Waals surface area contributed by atoms with Crippen LogP contribution >= 0.6 is 11.6 Å². The molecule has 4 rings (SSSR count). The maximum atomic E-state index is 14.1. The van der Waals surface area contributed by atoms with Crippen LogP contribution in [0.25, 0.3) is 11.6 Å². The summed E-state index contributed by atoms with van der Waals surface area (Å²) in [5, 5.41) is 0.115. The Morgan fingerprint density at radius 3 is 3.00 bits per heavy atom. The lowest BCUT2D eigenvalue weighted by Gasteiger charge is -2.27. The summed E-state index contributed by atoms with van der Waals surface area (Å²) < 4.78 is 19.4. The summed E-state index contributed by atoms with van der Waals surface area (Å²) in [5.41, 5.74) is 1.76. The number of nitrogens with one attached hydrogen (secondary N) is 1. The highest BCUT2D eigenvalue weighted by Gasteiger charge is 2.23. The highest BCUT2D eigenvalue weighted by atomic mass is 35.5. The van der Waals surface area contributed by atoms with Gasteiger partial charge in [-0.1, -0.05) is 23.7 Å². The van der Waals surface area contributed by atoms with Crippen molar-refractivity contribution in [1.82, 2.24) is 14.9 Å². The van der Waals surface area contributed by atoms with Crippen LogP contribution in [-0.4, -0.2) is 21.4 Å². The second-order valence-electron chi connectivity index (χ2n) is 5.99. The van der Waals surface area contributed by atoms with Gasteiger partial charge in [0.2, 0.25) is 0 Å². The van der Waals surface area contributed by atoms with E-state index in [1.165, 1.54) is 12.3 Å². The number of hydrogen-bond donors (Lipinski definition) is 1. The molecule has 0 aliphatic carbocycles. The average Bonchev–Trinajstić information content (AvgIpc) is 3.13. The third-order valence-corrected chi connectivity index (χ3v) is 4.62. The van der Waals surface area contributed by atoms with Crippen molar-refractivity contribution in [2.45, 2.75) is 19.5 Å². The lowest BCUT2D eigenvalue weighted by molar-refractivity contribution is 0.237. The van der Waals surface area contributed by atoms with Gasteiger partial charge in [0.05, 0.1) is 17.0 Å². The number of fused-ring (bicyclic) bond motifs is 1. The first-order valence-corrected chi connectivity index (χ1v) is 8.31. The van der Waals surface area contributed by atoms with E-state index >= 15 is 0 Å². The zero-order valence-electron chi connectivity index (χ0n) is 13.3. The summed E-state index contributed by atoms with van der Waals surface area (Å²) >= 11 is 5.85. The lowest BCUT2D eigenvalue weighted by Crippen LogP contribution is -2.35. The van der Waals surface area contributed by atoms with E-state index in [4.69, 9.17) is 16.0 Å². The second-order valence-corrected chi connectivity index (χ2v) is 6.40. The fraction of sp³-hybridized carbons (Fsp3) is 0.222. The summed E-state index contributed by atoms with van der Waals surface area (Å²) in [5.74, 6) is 0.521. The van der Waals surface area contributed by atoms with Gasteiger partial charge in [0, 0.05) is 30.8 Å². The van der Waals surface area contributed by atoms with E-state index in [1.807, 2.05) is 0 Å². The number of halogens is 2. The molecule has 0 fully saturated rings. The van der Waals surface area contributed by atoms with Gasteiger partial charge in [-0.15, -0.1) is 0 Å². The molecule has 1 N–H and O–H groups in total. The van der Waals surface area contributed by atoms with E-state index in [-0.39, 0.29) is 10.6 Å². The number of H-pyrrole nitrogens is 1. The molecule has 0 atom stereocenters. The predicted octanol–water partition coefficient (Wildman–Crippen LogP) is 3.38. The van der Waals surface area contributed by atoms with Crippen molar-refractivity contribution in [3.8, 4) is 11.6 Å². The molecule has 3 heterocycles. The van der Waals surface area contributed by atoms with Gasteiger partial charge in [-0.3, -0.25) is 9.69 Å². The van der Waals surface area contributed by atoms with Gasteiger partial charge in [0.25, 0.3) is 5.56 Å². The molecule has 7 heteroatoms. The van der Waals surface area contributed by atoms with E-state index in [2.05, 4.69) is 14.9 Å². The molecular weight excluding hydrogens is 345 g/mol. The molecule has 1 aliphatic heterocycles. The first-order chi connectivity index (χ1) is 12.1. The molecule has 0 radical (unpaired) electrons. The van der Waals surface area contributed by atoms with Crippen molar-refractivity contribution in [3.05, 3.63) is 74.6 Å². The summed E-state index contributed by atoms with van der Waals surface area (Å²) in [6.07, 6.45) is 2.10. The molecule has 0 bridgehead atoms. The van der Waals surface area contributed by atoms with Gasteiger partial charge in [-0.2, -0.15) is 0 Å². The quantitative estimate of drug-likeness (QED) is 0.778. The van der Waals surface area contributed by atoms with Crippen molar-refractivity contribution < 1.29 is 8.81 Å². The molecule has 25 heavy (non-hydrogen) atoms. The number of rotatable bonds is 3. The normalized spacial score (nSPS) is 14.5. The first kappa shape index (κ1) is 16.1. The minimum Gasteiger partial charge on any atom is -0.461 e. The average molecular weight is 360 g/mol. The molecule has 128 valence electrons. The van der Waals surface area contributed by atoms with Crippen LogP contribution in [-0.2, 0) is 19.5 Å². The van der Waals surface area contributed by atoms with Crippen molar-refractivity contribution in [3.63, 3.8) is 0 Å². The second kappa shape index (κ2) is 6.46. The van der Waals surface area contributed by atoms with Crippen LogP contribution in [0.5, 0.6) is 0 Å². The topological polar surface area (TPSA) is 62.1 Å². The first-order valence-electron chi connectivity index (χ1n) is 7.93. The van der Waals surface area contributed by atoms with Crippen molar-refractivity contribution in [1.29, 1.82) is 0 Å². The Bertz CT molecular complexity index is 969.